The second-order valence-corrected chi connectivity index (χ2v) is 13.4. The first kappa shape index (κ1) is 30.1. The molecule has 5 rings (SSSR count). The monoisotopic (exact) mass is 559 g/mol. The van der Waals surface area contributed by atoms with E-state index in [1.54, 1.807) is 0 Å². The van der Waals surface area contributed by atoms with Gasteiger partial charge in [0, 0.05) is 24.5 Å². The molecule has 0 bridgehead atoms. The topological polar surface area (TPSA) is 36.0 Å². The maximum Gasteiger partial charge on any atom is 0.227 e. The molecule has 2 aromatic carbocycles. The van der Waals surface area contributed by atoms with Crippen LogP contribution in [-0.2, 0) is 16.6 Å². The number of hydrogen-bond acceptors (Lipinski definition) is 4. The Bertz CT molecular complexity index is 1150. The van der Waals surface area contributed by atoms with E-state index in [1.807, 2.05) is 32.0 Å². The van der Waals surface area contributed by atoms with Crippen LogP contribution in [0.5, 0.6) is 5.75 Å². The standard InChI is InChI=1S/C36H53N3O2/c1-28(2)41-34-11-8-10-31(25-34)26-35(40)39-20-9-16-36(27-39,32-13-12-29(3)30(4)24-32)17-23-37-21-14-33(15-22-37)38-18-6-5-7-19-38/h8,10-13,24-25,28,33H,5-7,9,14-23,26-27H2,1-4H3. The Morgan fingerprint density at radius 2 is 1.71 bits per heavy atom. The van der Waals surface area contributed by atoms with Crippen LogP contribution in [0, 0.1) is 13.8 Å². The summed E-state index contributed by atoms with van der Waals surface area (Å²) >= 11 is 0. The Labute approximate surface area is 249 Å². The summed E-state index contributed by atoms with van der Waals surface area (Å²) in [6.45, 7) is 16.3. The summed E-state index contributed by atoms with van der Waals surface area (Å²) in [5.74, 6) is 1.08. The van der Waals surface area contributed by atoms with E-state index in [-0.39, 0.29) is 17.4 Å². The first-order valence-corrected chi connectivity index (χ1v) is 16.4. The van der Waals surface area contributed by atoms with Gasteiger partial charge in [-0.1, -0.05) is 36.8 Å². The maximum absolute atomic E-state index is 13.7. The van der Waals surface area contributed by atoms with E-state index >= 15 is 0 Å². The van der Waals surface area contributed by atoms with Gasteiger partial charge in [-0.25, -0.2) is 0 Å². The molecule has 3 saturated heterocycles. The van der Waals surface area contributed by atoms with Crippen molar-refractivity contribution in [1.82, 2.24) is 14.7 Å². The van der Waals surface area contributed by atoms with E-state index in [2.05, 4.69) is 52.8 Å². The zero-order valence-electron chi connectivity index (χ0n) is 26.2. The average molecular weight is 560 g/mol. The Hall–Kier alpha value is -2.37. The van der Waals surface area contributed by atoms with Gasteiger partial charge in [0.15, 0.2) is 0 Å². The molecule has 41 heavy (non-hydrogen) atoms. The van der Waals surface area contributed by atoms with Gasteiger partial charge in [-0.2, -0.15) is 0 Å². The molecule has 1 unspecified atom stereocenters. The Morgan fingerprint density at radius 3 is 2.44 bits per heavy atom. The van der Waals surface area contributed by atoms with E-state index < -0.39 is 0 Å². The first-order chi connectivity index (χ1) is 19.8. The summed E-state index contributed by atoms with van der Waals surface area (Å²) < 4.78 is 5.89. The lowest BCUT2D eigenvalue weighted by atomic mass is 9.71. The summed E-state index contributed by atoms with van der Waals surface area (Å²) in [6.07, 6.45) is 10.7. The number of hydrogen-bond donors (Lipinski definition) is 0. The fourth-order valence-electron chi connectivity index (χ4n) is 7.45. The number of ether oxygens (including phenoxy) is 1. The highest BCUT2D eigenvalue weighted by molar-refractivity contribution is 5.79. The maximum atomic E-state index is 13.7. The molecule has 0 radical (unpaired) electrons. The second-order valence-electron chi connectivity index (χ2n) is 13.4. The van der Waals surface area contributed by atoms with Crippen LogP contribution in [0.15, 0.2) is 42.5 Å². The van der Waals surface area contributed by atoms with Crippen molar-refractivity contribution in [3.63, 3.8) is 0 Å². The SMILES string of the molecule is Cc1ccc(C2(CCN3CCC(N4CCCCC4)CC3)CCCN(C(=O)Cc3cccc(OC(C)C)c3)C2)cc1C. The molecule has 3 heterocycles. The van der Waals surface area contributed by atoms with Crippen molar-refractivity contribution in [3.05, 3.63) is 64.7 Å². The molecule has 0 aliphatic carbocycles. The summed E-state index contributed by atoms with van der Waals surface area (Å²) in [5, 5.41) is 0. The van der Waals surface area contributed by atoms with Crippen molar-refractivity contribution < 1.29 is 9.53 Å². The largest absolute Gasteiger partial charge is 0.491 e. The number of nitrogens with zero attached hydrogens (tertiary/aromatic N) is 3. The van der Waals surface area contributed by atoms with Crippen LogP contribution in [0.3, 0.4) is 0 Å². The van der Waals surface area contributed by atoms with E-state index in [1.165, 1.54) is 75.0 Å². The number of carbonyl (C=O) groups excluding carboxylic acids is 1. The van der Waals surface area contributed by atoms with Crippen molar-refractivity contribution in [2.45, 2.75) is 103 Å². The van der Waals surface area contributed by atoms with Crippen LogP contribution in [-0.4, -0.2) is 78.6 Å². The molecule has 1 atom stereocenters. The molecule has 3 aliphatic heterocycles. The Morgan fingerprint density at radius 1 is 0.927 bits per heavy atom. The highest BCUT2D eigenvalue weighted by Crippen LogP contribution is 2.39. The van der Waals surface area contributed by atoms with Crippen LogP contribution < -0.4 is 4.74 Å². The zero-order chi connectivity index (χ0) is 28.8. The molecule has 0 saturated carbocycles. The summed E-state index contributed by atoms with van der Waals surface area (Å²) in [7, 11) is 0. The average Bonchev–Trinajstić information content (AvgIpc) is 2.98. The van der Waals surface area contributed by atoms with Crippen molar-refractivity contribution in [1.29, 1.82) is 0 Å². The predicted octanol–water partition coefficient (Wildman–Crippen LogP) is 6.53. The molecule has 0 aromatic heterocycles. The molecule has 224 valence electrons. The number of aryl methyl sites for hydroxylation is 2. The van der Waals surface area contributed by atoms with E-state index in [0.29, 0.717) is 6.42 Å². The van der Waals surface area contributed by atoms with Gasteiger partial charge in [0.2, 0.25) is 5.91 Å². The van der Waals surface area contributed by atoms with Gasteiger partial charge in [0.25, 0.3) is 0 Å². The molecule has 5 heteroatoms. The molecule has 3 fully saturated rings. The molecule has 0 spiro atoms. The summed E-state index contributed by atoms with van der Waals surface area (Å²) in [4.78, 5) is 21.4. The molecule has 5 nitrogen and oxygen atoms in total. The third-order valence-corrected chi connectivity index (χ3v) is 10.0. The fraction of sp³-hybridized carbons (Fsp3) is 0.639. The zero-order valence-corrected chi connectivity index (χ0v) is 26.2. The lowest BCUT2D eigenvalue weighted by molar-refractivity contribution is -0.132. The van der Waals surface area contributed by atoms with Crippen LogP contribution in [0.2, 0.25) is 0 Å². The van der Waals surface area contributed by atoms with E-state index in [0.717, 1.165) is 56.3 Å². The van der Waals surface area contributed by atoms with Gasteiger partial charge < -0.3 is 19.4 Å². The minimum atomic E-state index is 0.0126. The third-order valence-electron chi connectivity index (χ3n) is 10.0. The first-order valence-electron chi connectivity index (χ1n) is 16.4. The third kappa shape index (κ3) is 7.73. The Balaban J connectivity index is 1.27. The smallest absolute Gasteiger partial charge is 0.227 e. The normalized spacial score (nSPS) is 23.2. The quantitative estimate of drug-likeness (QED) is 0.350. The van der Waals surface area contributed by atoms with Crippen LogP contribution >= 0.6 is 0 Å². The van der Waals surface area contributed by atoms with Gasteiger partial charge in [0.05, 0.1) is 12.5 Å². The second kappa shape index (κ2) is 13.7. The summed E-state index contributed by atoms with van der Waals surface area (Å²) in [5.41, 5.74) is 5.17. The van der Waals surface area contributed by atoms with Gasteiger partial charge in [-0.3, -0.25) is 4.79 Å². The molecule has 1 amide bonds. The fourth-order valence-corrected chi connectivity index (χ4v) is 7.45. The summed E-state index contributed by atoms with van der Waals surface area (Å²) in [6, 6.07) is 15.9. The Kier molecular flexibility index (Phi) is 10.1. The van der Waals surface area contributed by atoms with Crippen LogP contribution in [0.25, 0.3) is 0 Å². The minimum Gasteiger partial charge on any atom is -0.491 e. The van der Waals surface area contributed by atoms with Crippen molar-refractivity contribution >= 4 is 5.91 Å². The molecule has 3 aliphatic rings. The molecule has 2 aromatic rings. The number of amides is 1. The highest BCUT2D eigenvalue weighted by Gasteiger charge is 2.39. The number of carbonyl (C=O) groups is 1. The van der Waals surface area contributed by atoms with Gasteiger partial charge in [-0.05, 0) is 140 Å². The van der Waals surface area contributed by atoms with Crippen molar-refractivity contribution in [3.8, 4) is 5.75 Å². The molecular formula is C36H53N3O2. The van der Waals surface area contributed by atoms with Crippen molar-refractivity contribution in [2.24, 2.45) is 0 Å². The molecule has 0 N–H and O–H groups in total. The number of benzene rings is 2. The predicted molar refractivity (Wildman–Crippen MR) is 169 cm³/mol. The van der Waals surface area contributed by atoms with Crippen LogP contribution in [0.4, 0.5) is 0 Å². The van der Waals surface area contributed by atoms with Gasteiger partial charge >= 0.3 is 0 Å². The van der Waals surface area contributed by atoms with Crippen LogP contribution in [0.1, 0.15) is 87.5 Å². The van der Waals surface area contributed by atoms with E-state index in [4.69, 9.17) is 4.74 Å². The van der Waals surface area contributed by atoms with Gasteiger partial charge in [0.1, 0.15) is 5.75 Å². The van der Waals surface area contributed by atoms with Gasteiger partial charge in [-0.15, -0.1) is 0 Å². The highest BCUT2D eigenvalue weighted by atomic mass is 16.5. The molecular weight excluding hydrogens is 506 g/mol. The lowest BCUT2D eigenvalue weighted by Crippen LogP contribution is -2.51. The number of piperidine rings is 3. The number of rotatable bonds is 9. The minimum absolute atomic E-state index is 0.0126. The lowest BCUT2D eigenvalue weighted by Gasteiger charge is -2.45. The van der Waals surface area contributed by atoms with E-state index in [9.17, 15) is 4.79 Å². The number of likely N-dealkylation sites (tertiary alicyclic amines) is 3. The van der Waals surface area contributed by atoms with Crippen molar-refractivity contribution in [2.75, 3.05) is 45.8 Å².